The van der Waals surface area contributed by atoms with Crippen LogP contribution in [0.2, 0.25) is 0 Å². The Morgan fingerprint density at radius 3 is 2.65 bits per heavy atom. The van der Waals surface area contributed by atoms with E-state index in [4.69, 9.17) is 9.47 Å². The largest absolute Gasteiger partial charge is 0.386 e. The molecule has 0 bridgehead atoms. The third-order valence-electron chi connectivity index (χ3n) is 2.36. The fraction of sp³-hybridized carbons (Fsp3) is 0.538. The first kappa shape index (κ1) is 14.1. The van der Waals surface area contributed by atoms with E-state index in [-0.39, 0.29) is 18.3 Å². The predicted octanol–water partition coefficient (Wildman–Crippen LogP) is 2.30. The van der Waals surface area contributed by atoms with Gasteiger partial charge in [-0.2, -0.15) is 0 Å². The zero-order valence-corrected chi connectivity index (χ0v) is 10.2. The molecule has 0 spiro atoms. The molecule has 2 unspecified atom stereocenters. The SMILES string of the molecule is CCOCC(C)OCC(O)c1ccccc1F. The van der Waals surface area contributed by atoms with Crippen LogP contribution in [-0.2, 0) is 9.47 Å². The van der Waals surface area contributed by atoms with Gasteiger partial charge in [0.15, 0.2) is 0 Å². The van der Waals surface area contributed by atoms with E-state index in [0.29, 0.717) is 13.2 Å². The number of benzene rings is 1. The van der Waals surface area contributed by atoms with Crippen LogP contribution in [0.5, 0.6) is 0 Å². The number of aliphatic hydroxyl groups excluding tert-OH is 1. The highest BCUT2D eigenvalue weighted by atomic mass is 19.1. The molecule has 0 aliphatic heterocycles. The molecular weight excluding hydrogens is 223 g/mol. The number of ether oxygens (including phenoxy) is 2. The molecule has 1 aromatic carbocycles. The molecule has 0 heterocycles. The standard InChI is InChI=1S/C13H19FO3/c1-3-16-8-10(2)17-9-13(15)11-6-4-5-7-12(11)14/h4-7,10,13,15H,3,8-9H2,1-2H3. The van der Waals surface area contributed by atoms with Crippen molar-refractivity contribution in [3.63, 3.8) is 0 Å². The first-order chi connectivity index (χ1) is 8.15. The molecule has 2 atom stereocenters. The summed E-state index contributed by atoms with van der Waals surface area (Å²) in [5.41, 5.74) is 0.260. The third-order valence-corrected chi connectivity index (χ3v) is 2.36. The second kappa shape index (κ2) is 7.37. The predicted molar refractivity (Wildman–Crippen MR) is 63.3 cm³/mol. The molecule has 0 saturated carbocycles. The van der Waals surface area contributed by atoms with Crippen LogP contribution in [0, 0.1) is 5.82 Å². The van der Waals surface area contributed by atoms with Crippen LogP contribution in [0.15, 0.2) is 24.3 Å². The Morgan fingerprint density at radius 1 is 1.29 bits per heavy atom. The fourth-order valence-corrected chi connectivity index (χ4v) is 1.42. The Morgan fingerprint density at radius 2 is 2.00 bits per heavy atom. The third kappa shape index (κ3) is 4.81. The summed E-state index contributed by atoms with van der Waals surface area (Å²) >= 11 is 0. The highest BCUT2D eigenvalue weighted by molar-refractivity contribution is 5.19. The van der Waals surface area contributed by atoms with Gasteiger partial charge in [-0.15, -0.1) is 0 Å². The van der Waals surface area contributed by atoms with E-state index in [0.717, 1.165) is 0 Å². The lowest BCUT2D eigenvalue weighted by molar-refractivity contribution is -0.0402. The summed E-state index contributed by atoms with van der Waals surface area (Å²) in [5.74, 6) is -0.416. The molecule has 0 aliphatic carbocycles. The summed E-state index contributed by atoms with van der Waals surface area (Å²) < 4.78 is 23.9. The molecule has 1 aromatic rings. The minimum Gasteiger partial charge on any atom is -0.386 e. The monoisotopic (exact) mass is 242 g/mol. The minimum atomic E-state index is -0.944. The van der Waals surface area contributed by atoms with Crippen molar-refractivity contribution in [2.24, 2.45) is 0 Å². The first-order valence-electron chi connectivity index (χ1n) is 5.77. The Balaban J connectivity index is 2.39. The van der Waals surface area contributed by atoms with Gasteiger partial charge in [0.05, 0.1) is 19.3 Å². The lowest BCUT2D eigenvalue weighted by atomic mass is 10.1. The second-order valence-electron chi connectivity index (χ2n) is 3.84. The fourth-order valence-electron chi connectivity index (χ4n) is 1.42. The van der Waals surface area contributed by atoms with Gasteiger partial charge in [-0.3, -0.25) is 0 Å². The molecule has 0 fully saturated rings. The summed E-state index contributed by atoms with van der Waals surface area (Å²) in [4.78, 5) is 0. The van der Waals surface area contributed by atoms with Gasteiger partial charge in [-0.05, 0) is 19.9 Å². The van der Waals surface area contributed by atoms with E-state index in [1.54, 1.807) is 18.2 Å². The molecule has 0 amide bonds. The maximum Gasteiger partial charge on any atom is 0.129 e. The highest BCUT2D eigenvalue weighted by Gasteiger charge is 2.13. The van der Waals surface area contributed by atoms with Gasteiger partial charge >= 0.3 is 0 Å². The molecular formula is C13H19FO3. The molecule has 17 heavy (non-hydrogen) atoms. The number of aliphatic hydroxyl groups is 1. The van der Waals surface area contributed by atoms with E-state index >= 15 is 0 Å². The van der Waals surface area contributed by atoms with Crippen molar-refractivity contribution in [3.8, 4) is 0 Å². The maximum atomic E-state index is 13.3. The van der Waals surface area contributed by atoms with Gasteiger partial charge in [0.1, 0.15) is 11.9 Å². The normalized spacial score (nSPS) is 14.6. The van der Waals surface area contributed by atoms with Gasteiger partial charge in [0, 0.05) is 12.2 Å². The zero-order chi connectivity index (χ0) is 12.7. The summed E-state index contributed by atoms with van der Waals surface area (Å²) in [6.45, 7) is 4.92. The first-order valence-corrected chi connectivity index (χ1v) is 5.77. The van der Waals surface area contributed by atoms with Crippen molar-refractivity contribution < 1.29 is 19.0 Å². The summed E-state index contributed by atoms with van der Waals surface area (Å²) in [7, 11) is 0. The molecule has 0 radical (unpaired) electrons. The summed E-state index contributed by atoms with van der Waals surface area (Å²) in [6, 6.07) is 6.15. The molecule has 0 aliphatic rings. The van der Waals surface area contributed by atoms with Gasteiger partial charge in [0.25, 0.3) is 0 Å². The number of rotatable bonds is 7. The van der Waals surface area contributed by atoms with Crippen molar-refractivity contribution >= 4 is 0 Å². The van der Waals surface area contributed by atoms with Crippen LogP contribution in [0.25, 0.3) is 0 Å². The van der Waals surface area contributed by atoms with Crippen LogP contribution in [0.4, 0.5) is 4.39 Å². The van der Waals surface area contributed by atoms with E-state index in [1.165, 1.54) is 6.07 Å². The van der Waals surface area contributed by atoms with Crippen LogP contribution < -0.4 is 0 Å². The van der Waals surface area contributed by atoms with Crippen molar-refractivity contribution in [3.05, 3.63) is 35.6 Å². The Bertz CT molecular complexity index is 330. The van der Waals surface area contributed by atoms with Crippen LogP contribution in [0.3, 0.4) is 0 Å². The molecule has 4 heteroatoms. The molecule has 0 aromatic heterocycles. The van der Waals surface area contributed by atoms with Crippen molar-refractivity contribution in [2.75, 3.05) is 19.8 Å². The second-order valence-corrected chi connectivity index (χ2v) is 3.84. The number of hydrogen-bond donors (Lipinski definition) is 1. The van der Waals surface area contributed by atoms with Crippen molar-refractivity contribution in [1.82, 2.24) is 0 Å². The van der Waals surface area contributed by atoms with Gasteiger partial charge in [-0.25, -0.2) is 4.39 Å². The number of halogens is 1. The van der Waals surface area contributed by atoms with E-state index in [1.807, 2.05) is 13.8 Å². The smallest absolute Gasteiger partial charge is 0.129 e. The average Bonchev–Trinajstić information content (AvgIpc) is 2.34. The summed E-state index contributed by atoms with van der Waals surface area (Å²) in [6.07, 6.45) is -1.06. The van der Waals surface area contributed by atoms with Crippen molar-refractivity contribution in [2.45, 2.75) is 26.1 Å². The quantitative estimate of drug-likeness (QED) is 0.797. The Labute approximate surface area is 101 Å². The van der Waals surface area contributed by atoms with E-state index < -0.39 is 11.9 Å². The lowest BCUT2D eigenvalue weighted by Gasteiger charge is -2.16. The molecule has 0 saturated heterocycles. The lowest BCUT2D eigenvalue weighted by Crippen LogP contribution is -2.20. The van der Waals surface area contributed by atoms with Crippen molar-refractivity contribution in [1.29, 1.82) is 0 Å². The van der Waals surface area contributed by atoms with Gasteiger partial charge in [0.2, 0.25) is 0 Å². The number of hydrogen-bond acceptors (Lipinski definition) is 3. The van der Waals surface area contributed by atoms with Gasteiger partial charge < -0.3 is 14.6 Å². The minimum absolute atomic E-state index is 0.0647. The topological polar surface area (TPSA) is 38.7 Å². The highest BCUT2D eigenvalue weighted by Crippen LogP contribution is 2.17. The molecule has 1 rings (SSSR count). The van der Waals surface area contributed by atoms with Crippen LogP contribution in [0.1, 0.15) is 25.5 Å². The zero-order valence-electron chi connectivity index (χ0n) is 10.2. The van der Waals surface area contributed by atoms with Crippen LogP contribution >= 0.6 is 0 Å². The maximum absolute atomic E-state index is 13.3. The van der Waals surface area contributed by atoms with Gasteiger partial charge in [-0.1, -0.05) is 18.2 Å². The molecule has 96 valence electrons. The summed E-state index contributed by atoms with van der Waals surface area (Å²) in [5, 5.41) is 9.77. The Kier molecular flexibility index (Phi) is 6.11. The average molecular weight is 242 g/mol. The Hall–Kier alpha value is -0.970. The van der Waals surface area contributed by atoms with Crippen LogP contribution in [-0.4, -0.2) is 31.0 Å². The van der Waals surface area contributed by atoms with E-state index in [2.05, 4.69) is 0 Å². The molecule has 3 nitrogen and oxygen atoms in total. The molecule has 1 N–H and O–H groups in total. The van der Waals surface area contributed by atoms with E-state index in [9.17, 15) is 9.50 Å².